The van der Waals surface area contributed by atoms with Gasteiger partial charge in [-0.25, -0.2) is 21.8 Å². The van der Waals surface area contributed by atoms with Crippen LogP contribution in [0.1, 0.15) is 6.42 Å². The predicted molar refractivity (Wildman–Crippen MR) is 73.6 cm³/mol. The molecule has 0 aliphatic carbocycles. The Morgan fingerprint density at radius 3 is 2.45 bits per heavy atom. The molecule has 1 aliphatic heterocycles. The fourth-order valence-electron chi connectivity index (χ4n) is 2.07. The summed E-state index contributed by atoms with van der Waals surface area (Å²) in [5, 5.41) is 2.91. The summed E-state index contributed by atoms with van der Waals surface area (Å²) >= 11 is 0. The van der Waals surface area contributed by atoms with Crippen molar-refractivity contribution in [3.05, 3.63) is 18.3 Å². The van der Waals surface area contributed by atoms with E-state index in [1.165, 1.54) is 16.4 Å². The van der Waals surface area contributed by atoms with E-state index in [2.05, 4.69) is 10.3 Å². The van der Waals surface area contributed by atoms with Gasteiger partial charge in [-0.1, -0.05) is 0 Å². The zero-order valence-corrected chi connectivity index (χ0v) is 12.9. The largest absolute Gasteiger partial charge is 0.316 e. The minimum absolute atomic E-state index is 0.0154. The maximum Gasteiger partial charge on any atom is 0.244 e. The van der Waals surface area contributed by atoms with Gasteiger partial charge in [-0.15, -0.1) is 0 Å². The number of hydrogen-bond donors (Lipinski definition) is 1. The van der Waals surface area contributed by atoms with Crippen LogP contribution in [0.5, 0.6) is 0 Å². The van der Waals surface area contributed by atoms with E-state index in [-0.39, 0.29) is 16.0 Å². The number of likely N-dealkylation sites (N-methyl/N-ethyl adjacent to an activating group) is 1. The fraction of sp³-hybridized carbons (Fsp3) is 0.545. The highest BCUT2D eigenvalue weighted by molar-refractivity contribution is 7.90. The summed E-state index contributed by atoms with van der Waals surface area (Å²) in [4.78, 5) is 3.73. The summed E-state index contributed by atoms with van der Waals surface area (Å²) in [6.45, 7) is 0.855. The second-order valence-corrected chi connectivity index (χ2v) is 8.64. The summed E-state index contributed by atoms with van der Waals surface area (Å²) in [5.74, 6) is 0. The molecule has 1 saturated heterocycles. The highest BCUT2D eigenvalue weighted by atomic mass is 32.2. The van der Waals surface area contributed by atoms with Gasteiger partial charge in [-0.2, -0.15) is 4.31 Å². The topological polar surface area (TPSA) is 96.4 Å². The van der Waals surface area contributed by atoms with Crippen molar-refractivity contribution in [2.24, 2.45) is 0 Å². The van der Waals surface area contributed by atoms with Crippen molar-refractivity contribution in [3.8, 4) is 0 Å². The van der Waals surface area contributed by atoms with Crippen LogP contribution in [0, 0.1) is 0 Å². The lowest BCUT2D eigenvalue weighted by molar-refractivity contribution is 0.464. The minimum Gasteiger partial charge on any atom is -0.316 e. The van der Waals surface area contributed by atoms with Crippen LogP contribution in [0.2, 0.25) is 0 Å². The van der Waals surface area contributed by atoms with Crippen LogP contribution in [0.3, 0.4) is 0 Å². The molecule has 9 heteroatoms. The van der Waals surface area contributed by atoms with E-state index in [1.807, 2.05) is 0 Å². The SMILES string of the molecule is CNC1CCN(S(=O)(=O)c2ccc(S(C)(=O)=O)nc2)C1. The van der Waals surface area contributed by atoms with Gasteiger partial charge in [-0.05, 0) is 25.6 Å². The maximum atomic E-state index is 12.4. The van der Waals surface area contributed by atoms with Crippen molar-refractivity contribution in [1.29, 1.82) is 0 Å². The van der Waals surface area contributed by atoms with Gasteiger partial charge in [-0.3, -0.25) is 0 Å². The molecule has 2 rings (SSSR count). The molecule has 0 spiro atoms. The molecule has 0 radical (unpaired) electrons. The number of hydrogen-bond acceptors (Lipinski definition) is 6. The Labute approximate surface area is 119 Å². The van der Waals surface area contributed by atoms with E-state index in [0.717, 1.165) is 18.9 Å². The lowest BCUT2D eigenvalue weighted by Gasteiger charge is -2.16. The molecule has 1 unspecified atom stereocenters. The van der Waals surface area contributed by atoms with E-state index in [9.17, 15) is 16.8 Å². The average Bonchev–Trinajstić information content (AvgIpc) is 2.87. The number of sulfone groups is 1. The number of nitrogens with one attached hydrogen (secondary N) is 1. The van der Waals surface area contributed by atoms with E-state index in [1.54, 1.807) is 7.05 Å². The van der Waals surface area contributed by atoms with Crippen LogP contribution < -0.4 is 5.32 Å². The smallest absolute Gasteiger partial charge is 0.244 e. The predicted octanol–water partition coefficient (Wildman–Crippen LogP) is -0.532. The molecule has 0 bridgehead atoms. The standard InChI is InChI=1S/C11H17N3O4S2/c1-12-9-5-6-14(8-9)20(17,18)10-3-4-11(13-7-10)19(2,15)16/h3-4,7,9,12H,5-6,8H2,1-2H3. The van der Waals surface area contributed by atoms with Gasteiger partial charge in [0.25, 0.3) is 0 Å². The molecule has 7 nitrogen and oxygen atoms in total. The Kier molecular flexibility index (Phi) is 4.14. The summed E-state index contributed by atoms with van der Waals surface area (Å²) in [6, 6.07) is 2.65. The molecule has 20 heavy (non-hydrogen) atoms. The van der Waals surface area contributed by atoms with Crippen molar-refractivity contribution in [1.82, 2.24) is 14.6 Å². The Balaban J connectivity index is 2.27. The summed E-state index contributed by atoms with van der Waals surface area (Å²) in [7, 11) is -5.24. The Morgan fingerprint density at radius 1 is 1.30 bits per heavy atom. The third-order valence-electron chi connectivity index (χ3n) is 3.29. The fourth-order valence-corrected chi connectivity index (χ4v) is 4.08. The van der Waals surface area contributed by atoms with E-state index in [0.29, 0.717) is 13.1 Å². The molecular weight excluding hydrogens is 302 g/mol. The van der Waals surface area contributed by atoms with Crippen LogP contribution in [0.15, 0.2) is 28.3 Å². The van der Waals surface area contributed by atoms with Crippen molar-refractivity contribution in [2.75, 3.05) is 26.4 Å². The average molecular weight is 319 g/mol. The first kappa shape index (κ1) is 15.4. The van der Waals surface area contributed by atoms with Crippen LogP contribution in [-0.4, -0.2) is 58.6 Å². The van der Waals surface area contributed by atoms with E-state index < -0.39 is 19.9 Å². The monoisotopic (exact) mass is 319 g/mol. The van der Waals surface area contributed by atoms with Crippen molar-refractivity contribution in [2.45, 2.75) is 22.4 Å². The molecule has 0 amide bonds. The summed E-state index contributed by atoms with van der Waals surface area (Å²) in [6.07, 6.45) is 2.88. The lowest BCUT2D eigenvalue weighted by Crippen LogP contribution is -2.33. The second kappa shape index (κ2) is 5.40. The summed E-state index contributed by atoms with van der Waals surface area (Å²) in [5.41, 5.74) is 0. The molecule has 2 heterocycles. The molecule has 1 aromatic heterocycles. The van der Waals surface area contributed by atoms with Crippen LogP contribution in [-0.2, 0) is 19.9 Å². The molecule has 1 aromatic rings. The molecule has 1 N–H and O–H groups in total. The van der Waals surface area contributed by atoms with Gasteiger partial charge in [0.05, 0.1) is 0 Å². The first-order valence-electron chi connectivity index (χ1n) is 6.08. The zero-order chi connectivity index (χ0) is 15.0. The Bertz CT molecular complexity index is 683. The first-order chi connectivity index (χ1) is 9.25. The van der Waals surface area contributed by atoms with Crippen molar-refractivity contribution >= 4 is 19.9 Å². The van der Waals surface area contributed by atoms with Gasteiger partial charge in [0.2, 0.25) is 10.0 Å². The van der Waals surface area contributed by atoms with Gasteiger partial charge in [0.15, 0.2) is 14.9 Å². The van der Waals surface area contributed by atoms with Crippen LogP contribution >= 0.6 is 0 Å². The number of pyridine rings is 1. The molecule has 1 fully saturated rings. The van der Waals surface area contributed by atoms with Crippen molar-refractivity contribution in [3.63, 3.8) is 0 Å². The third kappa shape index (κ3) is 3.00. The molecular formula is C11H17N3O4S2. The molecule has 0 saturated carbocycles. The van der Waals surface area contributed by atoms with Crippen molar-refractivity contribution < 1.29 is 16.8 Å². The number of sulfonamides is 1. The van der Waals surface area contributed by atoms with Crippen LogP contribution in [0.4, 0.5) is 0 Å². The lowest BCUT2D eigenvalue weighted by atomic mass is 10.3. The number of rotatable bonds is 4. The molecule has 112 valence electrons. The third-order valence-corrected chi connectivity index (χ3v) is 6.14. The second-order valence-electron chi connectivity index (χ2n) is 4.74. The summed E-state index contributed by atoms with van der Waals surface area (Å²) < 4.78 is 48.7. The highest BCUT2D eigenvalue weighted by Gasteiger charge is 2.32. The Morgan fingerprint density at radius 2 is 2.00 bits per heavy atom. The molecule has 0 aromatic carbocycles. The van der Waals surface area contributed by atoms with Gasteiger partial charge in [0, 0.05) is 31.6 Å². The minimum atomic E-state index is -3.61. The van der Waals surface area contributed by atoms with Gasteiger partial charge >= 0.3 is 0 Å². The van der Waals surface area contributed by atoms with E-state index in [4.69, 9.17) is 0 Å². The molecule has 1 atom stereocenters. The Hall–Kier alpha value is -1.03. The maximum absolute atomic E-state index is 12.4. The van der Waals surface area contributed by atoms with Crippen LogP contribution in [0.25, 0.3) is 0 Å². The van der Waals surface area contributed by atoms with Gasteiger partial charge < -0.3 is 5.32 Å². The highest BCUT2D eigenvalue weighted by Crippen LogP contribution is 2.21. The number of aromatic nitrogens is 1. The number of nitrogens with zero attached hydrogens (tertiary/aromatic N) is 2. The normalized spacial score (nSPS) is 21.2. The zero-order valence-electron chi connectivity index (χ0n) is 11.3. The first-order valence-corrected chi connectivity index (χ1v) is 9.42. The van der Waals surface area contributed by atoms with E-state index >= 15 is 0 Å². The quantitative estimate of drug-likeness (QED) is 0.801. The van der Waals surface area contributed by atoms with Gasteiger partial charge in [0.1, 0.15) is 4.90 Å². The molecule has 1 aliphatic rings.